The first kappa shape index (κ1) is 14.6. The number of thioether (sulfide) groups is 1. The Morgan fingerprint density at radius 1 is 1.43 bits per heavy atom. The number of anilines is 1. The lowest BCUT2D eigenvalue weighted by molar-refractivity contribution is 0.273. The fourth-order valence-electron chi connectivity index (χ4n) is 2.82. The Bertz CT molecular complexity index is 616. The lowest BCUT2D eigenvalue weighted by Crippen LogP contribution is -2.37. The monoisotopic (exact) mass is 302 g/mol. The molecule has 3 N–H and O–H groups in total. The molecule has 1 saturated heterocycles. The summed E-state index contributed by atoms with van der Waals surface area (Å²) in [5.74, 6) is 7.67. The molecule has 112 valence electrons. The molecule has 1 aromatic carbocycles. The largest absolute Gasteiger partial charge is 0.308 e. The van der Waals surface area contributed by atoms with Gasteiger partial charge in [-0.3, -0.25) is 4.90 Å². The molecular weight excluding hydrogens is 280 g/mol. The zero-order valence-electron chi connectivity index (χ0n) is 12.4. The molecule has 0 radical (unpaired) electrons. The van der Waals surface area contributed by atoms with Crippen LogP contribution in [0.15, 0.2) is 30.3 Å². The molecule has 0 spiro atoms. The molecule has 1 aliphatic heterocycles. The molecule has 1 aromatic heterocycles. The number of nitrogens with two attached hydrogens (primary N) is 1. The maximum Gasteiger partial charge on any atom is 0.145 e. The summed E-state index contributed by atoms with van der Waals surface area (Å²) in [7, 11) is 0. The second kappa shape index (κ2) is 6.64. The molecule has 1 aliphatic rings. The molecule has 2 heterocycles. The SMILES string of the molecule is CCC1CN(Cc2cc3ccccc3nc2NN)CCS1. The van der Waals surface area contributed by atoms with E-state index in [9.17, 15) is 0 Å². The van der Waals surface area contributed by atoms with Gasteiger partial charge >= 0.3 is 0 Å². The van der Waals surface area contributed by atoms with Crippen molar-refractivity contribution in [1.82, 2.24) is 9.88 Å². The summed E-state index contributed by atoms with van der Waals surface area (Å²) in [5, 5.41) is 1.92. The summed E-state index contributed by atoms with van der Waals surface area (Å²) in [6.45, 7) is 5.47. The van der Waals surface area contributed by atoms with Crippen molar-refractivity contribution < 1.29 is 0 Å². The lowest BCUT2D eigenvalue weighted by atomic mass is 10.1. The molecule has 1 unspecified atom stereocenters. The predicted octanol–water partition coefficient (Wildman–Crippen LogP) is 2.85. The smallest absolute Gasteiger partial charge is 0.145 e. The zero-order valence-corrected chi connectivity index (χ0v) is 13.2. The Labute approximate surface area is 130 Å². The van der Waals surface area contributed by atoms with Crippen LogP contribution < -0.4 is 11.3 Å². The minimum atomic E-state index is 0.751. The first-order chi connectivity index (χ1) is 10.3. The number of aromatic nitrogens is 1. The number of pyridine rings is 1. The molecule has 0 saturated carbocycles. The molecule has 2 aromatic rings. The van der Waals surface area contributed by atoms with E-state index in [2.05, 4.69) is 46.1 Å². The van der Waals surface area contributed by atoms with Gasteiger partial charge in [0.05, 0.1) is 5.52 Å². The zero-order chi connectivity index (χ0) is 14.7. The average Bonchev–Trinajstić information content (AvgIpc) is 2.54. The van der Waals surface area contributed by atoms with Crippen LogP contribution >= 0.6 is 11.8 Å². The molecule has 0 amide bonds. The topological polar surface area (TPSA) is 54.2 Å². The van der Waals surface area contributed by atoms with Crippen LogP contribution in [-0.4, -0.2) is 34.0 Å². The quantitative estimate of drug-likeness (QED) is 0.672. The van der Waals surface area contributed by atoms with Crippen LogP contribution in [0.3, 0.4) is 0 Å². The Morgan fingerprint density at radius 2 is 2.29 bits per heavy atom. The van der Waals surface area contributed by atoms with Gasteiger partial charge in [0.15, 0.2) is 0 Å². The highest BCUT2D eigenvalue weighted by Crippen LogP contribution is 2.25. The molecule has 21 heavy (non-hydrogen) atoms. The molecule has 3 rings (SSSR count). The number of nitrogen functional groups attached to an aromatic ring is 1. The van der Waals surface area contributed by atoms with Crippen LogP contribution in [0.2, 0.25) is 0 Å². The molecular formula is C16H22N4S. The summed E-state index contributed by atoms with van der Waals surface area (Å²) in [4.78, 5) is 7.14. The van der Waals surface area contributed by atoms with E-state index in [0.29, 0.717) is 0 Å². The number of hydrogen-bond acceptors (Lipinski definition) is 5. The highest BCUT2D eigenvalue weighted by Gasteiger charge is 2.20. The minimum Gasteiger partial charge on any atom is -0.308 e. The van der Waals surface area contributed by atoms with Gasteiger partial charge in [-0.2, -0.15) is 11.8 Å². The highest BCUT2D eigenvalue weighted by atomic mass is 32.2. The van der Waals surface area contributed by atoms with E-state index in [1.165, 1.54) is 23.1 Å². The summed E-state index contributed by atoms with van der Waals surface area (Å²) in [6.07, 6.45) is 1.24. The fourth-order valence-corrected chi connectivity index (χ4v) is 4.07. The Hall–Kier alpha value is -1.30. The molecule has 1 atom stereocenters. The van der Waals surface area contributed by atoms with Crippen molar-refractivity contribution in [1.29, 1.82) is 0 Å². The Morgan fingerprint density at radius 3 is 3.10 bits per heavy atom. The first-order valence-corrected chi connectivity index (χ1v) is 8.54. The van der Waals surface area contributed by atoms with Gasteiger partial charge in [0, 0.05) is 41.6 Å². The highest BCUT2D eigenvalue weighted by molar-refractivity contribution is 8.00. The standard InChI is InChI=1S/C16H22N4S/c1-2-14-11-20(7-8-21-14)10-13-9-12-5-3-4-6-15(12)18-16(13)19-17/h3-6,9,14H,2,7-8,10-11,17H2,1H3,(H,18,19). The Kier molecular flexibility index (Phi) is 4.63. The van der Waals surface area contributed by atoms with E-state index in [1.54, 1.807) is 0 Å². The van der Waals surface area contributed by atoms with Crippen molar-refractivity contribution in [3.8, 4) is 0 Å². The molecule has 0 bridgehead atoms. The van der Waals surface area contributed by atoms with Gasteiger partial charge in [0.25, 0.3) is 0 Å². The van der Waals surface area contributed by atoms with E-state index in [-0.39, 0.29) is 0 Å². The third kappa shape index (κ3) is 3.31. The number of fused-ring (bicyclic) bond motifs is 1. The van der Waals surface area contributed by atoms with E-state index in [1.807, 2.05) is 18.2 Å². The summed E-state index contributed by atoms with van der Waals surface area (Å²) >= 11 is 2.09. The van der Waals surface area contributed by atoms with Crippen molar-refractivity contribution in [2.24, 2.45) is 5.84 Å². The third-order valence-corrected chi connectivity index (χ3v) is 5.38. The van der Waals surface area contributed by atoms with E-state index < -0.39 is 0 Å². The van der Waals surface area contributed by atoms with Crippen molar-refractivity contribution in [3.63, 3.8) is 0 Å². The van der Waals surface area contributed by atoms with Gasteiger partial charge in [-0.15, -0.1) is 0 Å². The van der Waals surface area contributed by atoms with Gasteiger partial charge in [-0.1, -0.05) is 25.1 Å². The van der Waals surface area contributed by atoms with Crippen LogP contribution in [-0.2, 0) is 6.54 Å². The van der Waals surface area contributed by atoms with Gasteiger partial charge in [0.2, 0.25) is 0 Å². The lowest BCUT2D eigenvalue weighted by Gasteiger charge is -2.32. The van der Waals surface area contributed by atoms with Crippen LogP contribution in [0.4, 0.5) is 5.82 Å². The van der Waals surface area contributed by atoms with Gasteiger partial charge in [-0.05, 0) is 18.6 Å². The number of hydrazine groups is 1. The Balaban J connectivity index is 1.85. The summed E-state index contributed by atoms with van der Waals surface area (Å²) in [5.41, 5.74) is 4.92. The van der Waals surface area contributed by atoms with Crippen molar-refractivity contribution >= 4 is 28.5 Å². The number of nitrogens with zero attached hydrogens (tertiary/aromatic N) is 2. The average molecular weight is 302 g/mol. The fraction of sp³-hybridized carbons (Fsp3) is 0.438. The van der Waals surface area contributed by atoms with Crippen molar-refractivity contribution in [3.05, 3.63) is 35.9 Å². The van der Waals surface area contributed by atoms with Crippen molar-refractivity contribution in [2.45, 2.75) is 25.1 Å². The van der Waals surface area contributed by atoms with Gasteiger partial charge < -0.3 is 5.43 Å². The number of para-hydroxylation sites is 1. The van der Waals surface area contributed by atoms with Gasteiger partial charge in [-0.25, -0.2) is 10.8 Å². The van der Waals surface area contributed by atoms with E-state index in [0.717, 1.165) is 36.2 Å². The van der Waals surface area contributed by atoms with Crippen LogP contribution in [0.25, 0.3) is 10.9 Å². The summed E-state index contributed by atoms with van der Waals surface area (Å²) in [6, 6.07) is 10.4. The second-order valence-electron chi connectivity index (χ2n) is 5.47. The molecule has 1 fully saturated rings. The predicted molar refractivity (Wildman–Crippen MR) is 91.4 cm³/mol. The van der Waals surface area contributed by atoms with Crippen LogP contribution in [0.1, 0.15) is 18.9 Å². The summed E-state index contributed by atoms with van der Waals surface area (Å²) < 4.78 is 0. The number of nitrogens with one attached hydrogen (secondary N) is 1. The number of benzene rings is 1. The second-order valence-corrected chi connectivity index (χ2v) is 6.88. The molecule has 0 aliphatic carbocycles. The molecule has 5 heteroatoms. The van der Waals surface area contributed by atoms with Crippen molar-refractivity contribution in [2.75, 3.05) is 24.3 Å². The minimum absolute atomic E-state index is 0.751. The number of rotatable bonds is 4. The third-order valence-electron chi connectivity index (χ3n) is 4.01. The maximum absolute atomic E-state index is 5.67. The van der Waals surface area contributed by atoms with E-state index in [4.69, 9.17) is 5.84 Å². The normalized spacial score (nSPS) is 19.8. The van der Waals surface area contributed by atoms with E-state index >= 15 is 0 Å². The molecule has 4 nitrogen and oxygen atoms in total. The first-order valence-electron chi connectivity index (χ1n) is 7.49. The van der Waals surface area contributed by atoms with Crippen LogP contribution in [0, 0.1) is 0 Å². The van der Waals surface area contributed by atoms with Gasteiger partial charge in [0.1, 0.15) is 5.82 Å². The maximum atomic E-state index is 5.67. The van der Waals surface area contributed by atoms with Crippen LogP contribution in [0.5, 0.6) is 0 Å². The number of hydrogen-bond donors (Lipinski definition) is 2.